The number of hydrogen-bond donors (Lipinski definition) is 1. The van der Waals surface area contributed by atoms with Crippen LogP contribution in [0.4, 0.5) is 5.69 Å². The normalized spacial score (nSPS) is 10.4. The van der Waals surface area contributed by atoms with Crippen molar-refractivity contribution in [1.29, 1.82) is 5.26 Å². The predicted molar refractivity (Wildman–Crippen MR) is 79.1 cm³/mol. The summed E-state index contributed by atoms with van der Waals surface area (Å²) in [7, 11) is 0. The van der Waals surface area contributed by atoms with E-state index in [-0.39, 0.29) is 0 Å². The Labute approximate surface area is 120 Å². The van der Waals surface area contributed by atoms with Crippen LogP contribution in [-0.2, 0) is 0 Å². The highest BCUT2D eigenvalue weighted by Crippen LogP contribution is 2.44. The van der Waals surface area contributed by atoms with Crippen molar-refractivity contribution in [1.82, 2.24) is 4.98 Å². The van der Waals surface area contributed by atoms with Gasteiger partial charge in [0.15, 0.2) is 0 Å². The van der Waals surface area contributed by atoms with Crippen molar-refractivity contribution in [2.75, 3.05) is 5.73 Å². The minimum Gasteiger partial charge on any atom is -0.469 e. The second kappa shape index (κ2) is 4.83. The molecule has 0 aliphatic heterocycles. The van der Waals surface area contributed by atoms with Crippen LogP contribution in [0.5, 0.6) is 0 Å². The molecule has 0 atom stereocenters. The standard InChI is InChI=1S/C15H11N3OS/c1-9-5-11(8-19-9)15-13(10-3-2-4-18-7-10)14(17)12(6-16)20-15/h2-5,7-8H,17H2,1H3. The van der Waals surface area contributed by atoms with Crippen LogP contribution >= 0.6 is 11.3 Å². The van der Waals surface area contributed by atoms with Gasteiger partial charge in [-0.3, -0.25) is 4.98 Å². The molecule has 20 heavy (non-hydrogen) atoms. The number of aryl methyl sites for hydroxylation is 1. The van der Waals surface area contributed by atoms with E-state index < -0.39 is 0 Å². The number of rotatable bonds is 2. The Morgan fingerprint density at radius 1 is 1.40 bits per heavy atom. The summed E-state index contributed by atoms with van der Waals surface area (Å²) >= 11 is 1.37. The van der Waals surface area contributed by atoms with Crippen LogP contribution in [0.3, 0.4) is 0 Å². The molecule has 0 aromatic carbocycles. The van der Waals surface area contributed by atoms with E-state index in [9.17, 15) is 5.26 Å². The fourth-order valence-electron chi connectivity index (χ4n) is 2.09. The molecule has 0 saturated heterocycles. The monoisotopic (exact) mass is 281 g/mol. The van der Waals surface area contributed by atoms with Crippen LogP contribution in [0.25, 0.3) is 21.6 Å². The maximum absolute atomic E-state index is 9.20. The molecule has 4 nitrogen and oxygen atoms in total. The first-order chi connectivity index (χ1) is 9.70. The molecule has 0 unspecified atom stereocenters. The number of nitrogen functional groups attached to an aromatic ring is 1. The van der Waals surface area contributed by atoms with E-state index in [1.807, 2.05) is 25.1 Å². The number of nitrogens with two attached hydrogens (primary N) is 1. The average Bonchev–Trinajstić information content (AvgIpc) is 3.03. The van der Waals surface area contributed by atoms with Crippen molar-refractivity contribution in [2.45, 2.75) is 6.92 Å². The maximum Gasteiger partial charge on any atom is 0.129 e. The Kier molecular flexibility index (Phi) is 3.01. The van der Waals surface area contributed by atoms with Gasteiger partial charge in [-0.05, 0) is 19.1 Å². The second-order valence-electron chi connectivity index (χ2n) is 4.35. The van der Waals surface area contributed by atoms with Crippen LogP contribution in [0.2, 0.25) is 0 Å². The van der Waals surface area contributed by atoms with Gasteiger partial charge >= 0.3 is 0 Å². The van der Waals surface area contributed by atoms with Crippen molar-refractivity contribution in [3.05, 3.63) is 47.5 Å². The molecule has 3 aromatic heterocycles. The molecule has 0 saturated carbocycles. The molecular formula is C15H11N3OS. The molecule has 0 aliphatic carbocycles. The van der Waals surface area contributed by atoms with Gasteiger partial charge in [0.25, 0.3) is 0 Å². The van der Waals surface area contributed by atoms with E-state index >= 15 is 0 Å². The van der Waals surface area contributed by atoms with E-state index in [0.29, 0.717) is 10.6 Å². The molecule has 3 aromatic rings. The minimum absolute atomic E-state index is 0.499. The molecular weight excluding hydrogens is 270 g/mol. The Balaban J connectivity index is 2.28. The van der Waals surface area contributed by atoms with E-state index in [1.165, 1.54) is 11.3 Å². The second-order valence-corrected chi connectivity index (χ2v) is 5.37. The van der Waals surface area contributed by atoms with Crippen molar-refractivity contribution >= 4 is 17.0 Å². The highest BCUT2D eigenvalue weighted by atomic mass is 32.1. The fraction of sp³-hybridized carbons (Fsp3) is 0.0667. The van der Waals surface area contributed by atoms with Crippen molar-refractivity contribution in [2.24, 2.45) is 0 Å². The highest BCUT2D eigenvalue weighted by molar-refractivity contribution is 7.17. The summed E-state index contributed by atoms with van der Waals surface area (Å²) in [5, 5.41) is 9.20. The number of nitrogens with zero attached hydrogens (tertiary/aromatic N) is 2. The van der Waals surface area contributed by atoms with Gasteiger partial charge in [-0.2, -0.15) is 5.26 Å². The van der Waals surface area contributed by atoms with Crippen LogP contribution < -0.4 is 5.73 Å². The zero-order chi connectivity index (χ0) is 14.1. The Morgan fingerprint density at radius 2 is 2.25 bits per heavy atom. The van der Waals surface area contributed by atoms with Crippen LogP contribution in [0.15, 0.2) is 41.3 Å². The third kappa shape index (κ3) is 1.96. The Morgan fingerprint density at radius 3 is 2.85 bits per heavy atom. The molecule has 5 heteroatoms. The van der Waals surface area contributed by atoms with Gasteiger partial charge in [-0.1, -0.05) is 6.07 Å². The number of thiophene rings is 1. The average molecular weight is 281 g/mol. The molecule has 0 aliphatic rings. The summed E-state index contributed by atoms with van der Waals surface area (Å²) in [6.45, 7) is 1.88. The third-order valence-corrected chi connectivity index (χ3v) is 4.15. The summed E-state index contributed by atoms with van der Waals surface area (Å²) in [5.74, 6) is 0.822. The quantitative estimate of drug-likeness (QED) is 0.774. The lowest BCUT2D eigenvalue weighted by Gasteiger charge is -2.03. The van der Waals surface area contributed by atoms with E-state index in [0.717, 1.165) is 27.3 Å². The van der Waals surface area contributed by atoms with Gasteiger partial charge in [0.2, 0.25) is 0 Å². The number of hydrogen-bond acceptors (Lipinski definition) is 5. The SMILES string of the molecule is Cc1cc(-c2sc(C#N)c(N)c2-c2cccnc2)co1. The molecule has 2 N–H and O–H groups in total. The fourth-order valence-corrected chi connectivity index (χ4v) is 3.11. The molecule has 0 amide bonds. The lowest BCUT2D eigenvalue weighted by Crippen LogP contribution is -1.89. The van der Waals surface area contributed by atoms with Crippen molar-refractivity contribution in [3.63, 3.8) is 0 Å². The van der Waals surface area contributed by atoms with Crippen LogP contribution in [0, 0.1) is 18.3 Å². The summed E-state index contributed by atoms with van der Waals surface area (Å²) in [6.07, 6.45) is 5.14. The summed E-state index contributed by atoms with van der Waals surface area (Å²) in [6, 6.07) is 7.87. The van der Waals surface area contributed by atoms with Crippen LogP contribution in [-0.4, -0.2) is 4.98 Å². The highest BCUT2D eigenvalue weighted by Gasteiger charge is 2.19. The first kappa shape index (κ1) is 12.5. The number of nitriles is 1. The first-order valence-corrected chi connectivity index (χ1v) is 6.80. The molecule has 0 bridgehead atoms. The van der Waals surface area contributed by atoms with Crippen LogP contribution in [0.1, 0.15) is 10.6 Å². The molecule has 0 radical (unpaired) electrons. The molecule has 3 rings (SSSR count). The van der Waals surface area contributed by atoms with Gasteiger partial charge in [0.05, 0.1) is 12.0 Å². The van der Waals surface area contributed by atoms with Gasteiger partial charge in [-0.25, -0.2) is 0 Å². The van der Waals surface area contributed by atoms with Crippen molar-refractivity contribution < 1.29 is 4.42 Å². The van der Waals surface area contributed by atoms with E-state index in [1.54, 1.807) is 18.7 Å². The zero-order valence-corrected chi connectivity index (χ0v) is 11.6. The number of anilines is 1. The number of furan rings is 1. The summed E-state index contributed by atoms with van der Waals surface area (Å²) < 4.78 is 5.36. The molecule has 0 fully saturated rings. The zero-order valence-electron chi connectivity index (χ0n) is 10.8. The molecule has 98 valence electrons. The topological polar surface area (TPSA) is 75.8 Å². The van der Waals surface area contributed by atoms with Gasteiger partial charge < -0.3 is 10.2 Å². The third-order valence-electron chi connectivity index (χ3n) is 2.99. The minimum atomic E-state index is 0.499. The Bertz CT molecular complexity index is 796. The smallest absolute Gasteiger partial charge is 0.129 e. The summed E-state index contributed by atoms with van der Waals surface area (Å²) in [4.78, 5) is 5.57. The lowest BCUT2D eigenvalue weighted by atomic mass is 10.0. The lowest BCUT2D eigenvalue weighted by molar-refractivity contribution is 0.535. The first-order valence-electron chi connectivity index (χ1n) is 5.99. The number of pyridine rings is 1. The van der Waals surface area contributed by atoms with Gasteiger partial charge in [0.1, 0.15) is 16.7 Å². The van der Waals surface area contributed by atoms with Crippen molar-refractivity contribution in [3.8, 4) is 27.6 Å². The Hall–Kier alpha value is -2.58. The van der Waals surface area contributed by atoms with E-state index in [2.05, 4.69) is 11.1 Å². The van der Waals surface area contributed by atoms with E-state index in [4.69, 9.17) is 10.2 Å². The maximum atomic E-state index is 9.20. The predicted octanol–water partition coefficient (Wildman–Crippen LogP) is 3.83. The largest absolute Gasteiger partial charge is 0.469 e. The summed E-state index contributed by atoms with van der Waals surface area (Å²) in [5.41, 5.74) is 9.30. The number of aromatic nitrogens is 1. The van der Waals surface area contributed by atoms with Gasteiger partial charge in [0, 0.05) is 34.0 Å². The molecule has 0 spiro atoms. The molecule has 3 heterocycles. The van der Waals surface area contributed by atoms with Gasteiger partial charge in [-0.15, -0.1) is 11.3 Å².